The van der Waals surface area contributed by atoms with Gasteiger partial charge < -0.3 is 14.8 Å². The van der Waals surface area contributed by atoms with Crippen LogP contribution in [0.15, 0.2) is 60.7 Å². The summed E-state index contributed by atoms with van der Waals surface area (Å²) >= 11 is 18.9. The topological polar surface area (TPSA) is 33.7 Å². The zero-order chi connectivity index (χ0) is 24.6. The Balaban J connectivity index is 0.00000241. The second-order valence-corrected chi connectivity index (χ2v) is 10.0. The van der Waals surface area contributed by atoms with Gasteiger partial charge in [-0.25, -0.2) is 0 Å². The Morgan fingerprint density at radius 1 is 0.865 bits per heavy atom. The lowest BCUT2D eigenvalue weighted by molar-refractivity contribution is 0.190. The van der Waals surface area contributed by atoms with Crippen molar-refractivity contribution in [2.24, 2.45) is 0 Å². The molecule has 4 nitrogen and oxygen atoms in total. The van der Waals surface area contributed by atoms with E-state index in [4.69, 9.17) is 44.3 Å². The molecule has 0 aromatic heterocycles. The third-order valence-corrected chi connectivity index (χ3v) is 7.06. The number of halogens is 5. The maximum absolute atomic E-state index is 6.63. The standard InChI is InChI=1S/C28H31Cl3N2O2.2ClH/c1-2-34-27-15-21(14-26(31)28(27)35-19-22-8-9-23(29)16-25(22)30)17-32-24-10-12-33(13-11-24)18-20-6-4-3-5-7-20;;/h3-9,14-16,24,32H,2,10-13,17-19H2,1H3;2*1H. The van der Waals surface area contributed by atoms with Crippen LogP contribution >= 0.6 is 59.6 Å². The molecule has 1 heterocycles. The Morgan fingerprint density at radius 2 is 1.59 bits per heavy atom. The van der Waals surface area contributed by atoms with Crippen molar-refractivity contribution >= 4 is 59.6 Å². The van der Waals surface area contributed by atoms with E-state index in [2.05, 4.69) is 40.5 Å². The van der Waals surface area contributed by atoms with Crippen molar-refractivity contribution in [1.82, 2.24) is 10.2 Å². The zero-order valence-corrected chi connectivity index (χ0v) is 24.6. The number of ether oxygens (including phenoxy) is 2. The third kappa shape index (κ3) is 9.40. The van der Waals surface area contributed by atoms with E-state index in [0.717, 1.165) is 50.1 Å². The van der Waals surface area contributed by atoms with Gasteiger partial charge in [-0.05, 0) is 68.2 Å². The predicted octanol–water partition coefficient (Wildman–Crippen LogP) is 8.22. The lowest BCUT2D eigenvalue weighted by Crippen LogP contribution is -2.41. The fraction of sp³-hybridized carbons (Fsp3) is 0.357. The van der Waals surface area contributed by atoms with Crippen molar-refractivity contribution in [3.05, 3.63) is 92.4 Å². The highest BCUT2D eigenvalue weighted by molar-refractivity contribution is 6.35. The summed E-state index contributed by atoms with van der Waals surface area (Å²) in [5.74, 6) is 1.16. The van der Waals surface area contributed by atoms with Crippen molar-refractivity contribution in [2.75, 3.05) is 19.7 Å². The summed E-state index contributed by atoms with van der Waals surface area (Å²) in [7, 11) is 0. The molecule has 1 aliphatic heterocycles. The average Bonchev–Trinajstić information content (AvgIpc) is 2.85. The Kier molecular flexibility index (Phi) is 13.7. The smallest absolute Gasteiger partial charge is 0.180 e. The predicted molar refractivity (Wildman–Crippen MR) is 159 cm³/mol. The van der Waals surface area contributed by atoms with Gasteiger partial charge in [0, 0.05) is 34.7 Å². The lowest BCUT2D eigenvalue weighted by Gasteiger charge is -2.32. The highest BCUT2D eigenvalue weighted by atomic mass is 35.5. The van der Waals surface area contributed by atoms with Gasteiger partial charge in [0.05, 0.1) is 11.6 Å². The molecule has 0 spiro atoms. The molecule has 0 radical (unpaired) electrons. The molecule has 3 aromatic carbocycles. The van der Waals surface area contributed by atoms with E-state index in [1.807, 2.05) is 25.1 Å². The van der Waals surface area contributed by atoms with Gasteiger partial charge in [0.25, 0.3) is 0 Å². The first kappa shape index (κ1) is 31.8. The molecule has 0 unspecified atom stereocenters. The SMILES string of the molecule is CCOc1cc(CNC2CCN(Cc3ccccc3)CC2)cc(Cl)c1OCc1ccc(Cl)cc1Cl.Cl.Cl. The van der Waals surface area contributed by atoms with Crippen LogP contribution in [0.1, 0.15) is 36.5 Å². The highest BCUT2D eigenvalue weighted by Gasteiger charge is 2.20. The number of piperidine rings is 1. The molecule has 3 aromatic rings. The Hall–Kier alpha value is -1.37. The average molecular weight is 607 g/mol. The Labute approximate surface area is 247 Å². The van der Waals surface area contributed by atoms with Gasteiger partial charge in [-0.15, -0.1) is 24.8 Å². The van der Waals surface area contributed by atoms with Crippen LogP contribution in [0.25, 0.3) is 0 Å². The van der Waals surface area contributed by atoms with Crippen LogP contribution in [-0.4, -0.2) is 30.6 Å². The van der Waals surface area contributed by atoms with E-state index in [-0.39, 0.29) is 31.4 Å². The minimum atomic E-state index is 0. The first-order valence-electron chi connectivity index (χ1n) is 12.0. The van der Waals surface area contributed by atoms with Gasteiger partial charge >= 0.3 is 0 Å². The van der Waals surface area contributed by atoms with Crippen LogP contribution in [0.5, 0.6) is 11.5 Å². The molecule has 37 heavy (non-hydrogen) atoms. The second kappa shape index (κ2) is 15.9. The molecule has 0 aliphatic carbocycles. The zero-order valence-electron chi connectivity index (χ0n) is 20.7. The number of hydrogen-bond acceptors (Lipinski definition) is 4. The molecule has 1 saturated heterocycles. The number of nitrogens with zero attached hydrogens (tertiary/aromatic N) is 1. The van der Waals surface area contributed by atoms with E-state index < -0.39 is 0 Å². The van der Waals surface area contributed by atoms with E-state index in [1.165, 1.54) is 5.56 Å². The number of nitrogens with one attached hydrogen (secondary N) is 1. The quantitative estimate of drug-likeness (QED) is 0.252. The van der Waals surface area contributed by atoms with Crippen molar-refractivity contribution in [2.45, 2.75) is 45.5 Å². The summed E-state index contributed by atoms with van der Waals surface area (Å²) in [6, 6.07) is 20.4. The number of hydrogen-bond donors (Lipinski definition) is 1. The van der Waals surface area contributed by atoms with Crippen LogP contribution in [-0.2, 0) is 19.7 Å². The van der Waals surface area contributed by atoms with Crippen LogP contribution in [0.3, 0.4) is 0 Å². The van der Waals surface area contributed by atoms with E-state index >= 15 is 0 Å². The van der Waals surface area contributed by atoms with Gasteiger partial charge in [-0.2, -0.15) is 0 Å². The summed E-state index contributed by atoms with van der Waals surface area (Å²) < 4.78 is 11.9. The molecule has 4 rings (SSSR count). The van der Waals surface area contributed by atoms with Gasteiger partial charge in [0.1, 0.15) is 6.61 Å². The largest absolute Gasteiger partial charge is 0.490 e. The minimum Gasteiger partial charge on any atom is -0.490 e. The molecule has 1 N–H and O–H groups in total. The van der Waals surface area contributed by atoms with E-state index in [0.29, 0.717) is 39.2 Å². The first-order chi connectivity index (χ1) is 17.0. The summed E-state index contributed by atoms with van der Waals surface area (Å²) in [6.07, 6.45) is 2.25. The molecule has 0 bridgehead atoms. The number of likely N-dealkylation sites (tertiary alicyclic amines) is 1. The fourth-order valence-electron chi connectivity index (χ4n) is 4.31. The summed E-state index contributed by atoms with van der Waals surface area (Å²) in [6.45, 7) is 6.67. The van der Waals surface area contributed by atoms with Gasteiger partial charge in [0.2, 0.25) is 0 Å². The maximum Gasteiger partial charge on any atom is 0.180 e. The molecule has 202 valence electrons. The second-order valence-electron chi connectivity index (χ2n) is 8.78. The lowest BCUT2D eigenvalue weighted by atomic mass is 10.0. The van der Waals surface area contributed by atoms with E-state index in [1.54, 1.807) is 12.1 Å². The molecule has 9 heteroatoms. The molecule has 1 fully saturated rings. The Bertz CT molecular complexity index is 1110. The molecule has 0 atom stereocenters. The van der Waals surface area contributed by atoms with Crippen LogP contribution in [0.4, 0.5) is 0 Å². The third-order valence-electron chi connectivity index (χ3n) is 6.19. The van der Waals surface area contributed by atoms with Crippen LogP contribution in [0.2, 0.25) is 15.1 Å². The van der Waals surface area contributed by atoms with Crippen molar-refractivity contribution < 1.29 is 9.47 Å². The molecular formula is C28H33Cl5N2O2. The molecule has 1 aliphatic rings. The van der Waals surface area contributed by atoms with Crippen molar-refractivity contribution in [3.63, 3.8) is 0 Å². The van der Waals surface area contributed by atoms with Gasteiger partial charge in [-0.3, -0.25) is 4.90 Å². The number of rotatable bonds is 10. The van der Waals surface area contributed by atoms with Gasteiger partial charge in [0.15, 0.2) is 11.5 Å². The maximum atomic E-state index is 6.63. The molecule has 0 amide bonds. The normalized spacial score (nSPS) is 13.9. The van der Waals surface area contributed by atoms with Crippen LogP contribution in [0, 0.1) is 0 Å². The van der Waals surface area contributed by atoms with Crippen molar-refractivity contribution in [1.29, 1.82) is 0 Å². The minimum absolute atomic E-state index is 0. The fourth-order valence-corrected chi connectivity index (χ4v) is 5.07. The van der Waals surface area contributed by atoms with Crippen molar-refractivity contribution in [3.8, 4) is 11.5 Å². The van der Waals surface area contributed by atoms with Crippen LogP contribution < -0.4 is 14.8 Å². The summed E-state index contributed by atoms with van der Waals surface area (Å²) in [4.78, 5) is 2.52. The summed E-state index contributed by atoms with van der Waals surface area (Å²) in [5, 5.41) is 5.37. The Morgan fingerprint density at radius 3 is 2.27 bits per heavy atom. The summed E-state index contributed by atoms with van der Waals surface area (Å²) in [5.41, 5.74) is 3.28. The molecule has 0 saturated carbocycles. The first-order valence-corrected chi connectivity index (χ1v) is 13.2. The van der Waals surface area contributed by atoms with E-state index in [9.17, 15) is 0 Å². The monoisotopic (exact) mass is 604 g/mol. The number of benzene rings is 3. The van der Waals surface area contributed by atoms with Gasteiger partial charge in [-0.1, -0.05) is 71.2 Å². The molecular weight excluding hydrogens is 574 g/mol. The highest BCUT2D eigenvalue weighted by Crippen LogP contribution is 2.38.